The summed E-state index contributed by atoms with van der Waals surface area (Å²) in [5, 5.41) is 13.2. The summed E-state index contributed by atoms with van der Waals surface area (Å²) in [4.78, 5) is 16.2. The van der Waals surface area contributed by atoms with Crippen LogP contribution in [0.2, 0.25) is 0 Å². The summed E-state index contributed by atoms with van der Waals surface area (Å²) in [7, 11) is 0. The van der Waals surface area contributed by atoms with Crippen LogP contribution in [0.25, 0.3) is 11.1 Å². The summed E-state index contributed by atoms with van der Waals surface area (Å²) in [6.07, 6.45) is 2.86. The molecule has 2 N–H and O–H groups in total. The van der Waals surface area contributed by atoms with Crippen LogP contribution in [-0.4, -0.2) is 34.6 Å². The lowest BCUT2D eigenvalue weighted by Crippen LogP contribution is -2.31. The first-order valence-corrected chi connectivity index (χ1v) is 14.8. The molecule has 3 atom stereocenters. The van der Waals surface area contributed by atoms with E-state index in [1.807, 2.05) is 78.9 Å². The lowest BCUT2D eigenvalue weighted by atomic mass is 9.99. The fourth-order valence-corrected chi connectivity index (χ4v) is 5.57. The van der Waals surface area contributed by atoms with Crippen LogP contribution in [0.3, 0.4) is 0 Å². The number of pyridine rings is 1. The second-order valence-electron chi connectivity index (χ2n) is 9.89. The summed E-state index contributed by atoms with van der Waals surface area (Å²) < 4.78 is 17.9. The summed E-state index contributed by atoms with van der Waals surface area (Å²) in [6.45, 7) is 4.10. The zero-order chi connectivity index (χ0) is 29.1. The van der Waals surface area contributed by atoms with E-state index in [1.54, 1.807) is 18.0 Å². The van der Waals surface area contributed by atoms with Gasteiger partial charge in [-0.15, -0.1) is 11.8 Å². The second kappa shape index (κ2) is 14.8. The van der Waals surface area contributed by atoms with Crippen molar-refractivity contribution in [3.63, 3.8) is 0 Å². The van der Waals surface area contributed by atoms with E-state index in [9.17, 15) is 9.90 Å². The molecule has 4 aromatic rings. The topological polar surface area (TPSA) is 89.9 Å². The Hall–Kier alpha value is -3.95. The summed E-state index contributed by atoms with van der Waals surface area (Å²) in [5.74, 6) is 0.752. The van der Waals surface area contributed by atoms with Gasteiger partial charge in [-0.1, -0.05) is 85.5 Å². The molecule has 1 fully saturated rings. The van der Waals surface area contributed by atoms with Crippen molar-refractivity contribution >= 4 is 17.9 Å². The molecule has 0 unspecified atom stereocenters. The zero-order valence-electron chi connectivity index (χ0n) is 23.2. The maximum absolute atomic E-state index is 11.8. The van der Waals surface area contributed by atoms with E-state index in [1.165, 1.54) is 6.08 Å². The molecule has 1 amide bonds. The van der Waals surface area contributed by atoms with Gasteiger partial charge in [0, 0.05) is 30.5 Å². The lowest BCUT2D eigenvalue weighted by Gasteiger charge is -2.36. The van der Waals surface area contributed by atoms with E-state index in [2.05, 4.69) is 29.0 Å². The minimum absolute atomic E-state index is 0.00885. The van der Waals surface area contributed by atoms with Crippen LogP contribution >= 0.6 is 11.8 Å². The third kappa shape index (κ3) is 8.08. The number of nitrogens with zero attached hydrogens (tertiary/aromatic N) is 1. The number of hydrogen-bond donors (Lipinski definition) is 2. The number of aromatic nitrogens is 1. The summed E-state index contributed by atoms with van der Waals surface area (Å²) >= 11 is 1.67. The number of aliphatic hydroxyl groups excluding tert-OH is 1. The molecule has 8 heteroatoms. The molecule has 2 heterocycles. The maximum Gasteiger partial charge on any atom is 0.407 e. The van der Waals surface area contributed by atoms with Gasteiger partial charge in [0.2, 0.25) is 0 Å². The highest BCUT2D eigenvalue weighted by Gasteiger charge is 2.32. The van der Waals surface area contributed by atoms with E-state index in [-0.39, 0.29) is 25.4 Å². The van der Waals surface area contributed by atoms with Crippen LogP contribution in [0, 0.1) is 0 Å². The number of alkyl carbamates (subject to hydrolysis) is 1. The molecule has 1 saturated heterocycles. The van der Waals surface area contributed by atoms with Crippen LogP contribution in [0.5, 0.6) is 0 Å². The number of nitrogens with one attached hydrogen (secondary N) is 1. The number of benzene rings is 3. The van der Waals surface area contributed by atoms with Gasteiger partial charge in [0.05, 0.1) is 23.8 Å². The first-order valence-electron chi connectivity index (χ1n) is 13.9. The van der Waals surface area contributed by atoms with Crippen LogP contribution in [0.4, 0.5) is 4.79 Å². The normalized spacial score (nSPS) is 18.3. The Labute approximate surface area is 250 Å². The zero-order valence-corrected chi connectivity index (χ0v) is 24.0. The molecule has 0 bridgehead atoms. The highest BCUT2D eigenvalue weighted by Crippen LogP contribution is 2.39. The number of carbonyl (C=O) groups excluding carboxylic acids is 1. The van der Waals surface area contributed by atoms with Crippen molar-refractivity contribution in [2.75, 3.05) is 12.4 Å². The second-order valence-corrected chi connectivity index (χ2v) is 10.9. The molecule has 1 aromatic heterocycles. The number of rotatable bonds is 11. The Morgan fingerprint density at radius 3 is 2.52 bits per heavy atom. The molecule has 7 nitrogen and oxygen atoms in total. The summed E-state index contributed by atoms with van der Waals surface area (Å²) in [6, 6.07) is 30.0. The van der Waals surface area contributed by atoms with E-state index in [0.717, 1.165) is 50.6 Å². The molecular weight excluding hydrogens is 548 g/mol. The lowest BCUT2D eigenvalue weighted by molar-refractivity contribution is -0.245. The van der Waals surface area contributed by atoms with Gasteiger partial charge in [0.1, 0.15) is 6.61 Å². The van der Waals surface area contributed by atoms with Crippen molar-refractivity contribution in [3.05, 3.63) is 132 Å². The van der Waals surface area contributed by atoms with Gasteiger partial charge in [-0.05, 0) is 46.0 Å². The smallest absolute Gasteiger partial charge is 0.407 e. The van der Waals surface area contributed by atoms with E-state index in [4.69, 9.17) is 14.2 Å². The van der Waals surface area contributed by atoms with Gasteiger partial charge in [0.25, 0.3) is 0 Å². The maximum atomic E-state index is 11.8. The Balaban J connectivity index is 1.29. The van der Waals surface area contributed by atoms with Gasteiger partial charge in [0.15, 0.2) is 6.29 Å². The van der Waals surface area contributed by atoms with Gasteiger partial charge in [-0.2, -0.15) is 0 Å². The third-order valence-corrected chi connectivity index (χ3v) is 7.96. The predicted molar refractivity (Wildman–Crippen MR) is 164 cm³/mol. The van der Waals surface area contributed by atoms with Gasteiger partial charge < -0.3 is 24.6 Å². The molecule has 1 aliphatic rings. The number of aliphatic hydroxyl groups is 1. The van der Waals surface area contributed by atoms with Crippen LogP contribution < -0.4 is 5.32 Å². The first kappa shape index (κ1) is 29.5. The number of hydrogen-bond acceptors (Lipinski definition) is 7. The Morgan fingerprint density at radius 2 is 1.79 bits per heavy atom. The molecule has 5 rings (SSSR count). The van der Waals surface area contributed by atoms with Crippen molar-refractivity contribution in [3.8, 4) is 11.1 Å². The number of carbonyl (C=O) groups is 1. The fourth-order valence-electron chi connectivity index (χ4n) is 4.69. The largest absolute Gasteiger partial charge is 0.445 e. The van der Waals surface area contributed by atoms with Crippen molar-refractivity contribution in [2.45, 2.75) is 43.1 Å². The molecule has 0 spiro atoms. The molecular formula is C34H34N2O5S. The quantitative estimate of drug-likeness (QED) is 0.146. The molecule has 0 aliphatic carbocycles. The Morgan fingerprint density at radius 1 is 0.976 bits per heavy atom. The standard InChI is InChI=1S/C34H34N2O5S/c1-2-18-39-34(38)36-21-25-6-5-7-29(19-25)26-13-15-28(16-14-26)33-40-30(23-42-32-8-3-4-17-35-32)20-31(41-33)27-11-9-24(22-37)10-12-27/h2-17,19,30-31,33,37H,1,18,20-23H2,(H,36,38)/t30-,31+,33+/m0/s1. The Kier molecular flexibility index (Phi) is 10.4. The first-order chi connectivity index (χ1) is 20.6. The minimum Gasteiger partial charge on any atom is -0.445 e. The molecule has 0 radical (unpaired) electrons. The van der Waals surface area contributed by atoms with Crippen molar-refractivity contribution < 1.29 is 24.1 Å². The average molecular weight is 583 g/mol. The molecule has 3 aromatic carbocycles. The molecule has 216 valence electrons. The fraction of sp³-hybridized carbons (Fsp3) is 0.235. The molecule has 42 heavy (non-hydrogen) atoms. The SMILES string of the molecule is C=CCOC(=O)NCc1cccc(-c2ccc([C@@H]3O[C@H](CSc4ccccn4)C[C@H](c4ccc(CO)cc4)O3)cc2)c1. The Bertz CT molecular complexity index is 1450. The van der Waals surface area contributed by atoms with Crippen molar-refractivity contribution in [1.82, 2.24) is 10.3 Å². The van der Waals surface area contributed by atoms with Gasteiger partial charge >= 0.3 is 6.09 Å². The number of ether oxygens (including phenoxy) is 3. The number of thioether (sulfide) groups is 1. The summed E-state index contributed by atoms with van der Waals surface area (Å²) in [5.41, 5.74) is 5.91. The predicted octanol–water partition coefficient (Wildman–Crippen LogP) is 6.99. The van der Waals surface area contributed by atoms with Gasteiger partial charge in [-0.3, -0.25) is 0 Å². The molecule has 0 saturated carbocycles. The van der Waals surface area contributed by atoms with Crippen LogP contribution in [0.1, 0.15) is 41.1 Å². The van der Waals surface area contributed by atoms with Crippen LogP contribution in [0.15, 0.2) is 115 Å². The molecule has 1 aliphatic heterocycles. The average Bonchev–Trinajstić information content (AvgIpc) is 3.06. The number of amides is 1. The highest BCUT2D eigenvalue weighted by atomic mass is 32.2. The highest BCUT2D eigenvalue weighted by molar-refractivity contribution is 7.99. The van der Waals surface area contributed by atoms with E-state index in [0.29, 0.717) is 6.54 Å². The van der Waals surface area contributed by atoms with Crippen molar-refractivity contribution in [1.29, 1.82) is 0 Å². The van der Waals surface area contributed by atoms with Gasteiger partial charge in [-0.25, -0.2) is 9.78 Å². The van der Waals surface area contributed by atoms with Crippen molar-refractivity contribution in [2.24, 2.45) is 0 Å². The van der Waals surface area contributed by atoms with E-state index >= 15 is 0 Å². The van der Waals surface area contributed by atoms with Crippen LogP contribution in [-0.2, 0) is 27.4 Å². The van der Waals surface area contributed by atoms with E-state index < -0.39 is 12.4 Å². The third-order valence-electron chi connectivity index (χ3n) is 6.88. The minimum atomic E-state index is -0.526. The monoisotopic (exact) mass is 582 g/mol.